The zero-order chi connectivity index (χ0) is 19.2. The first kappa shape index (κ1) is 21.2. The minimum absolute atomic E-state index is 0. The summed E-state index contributed by atoms with van der Waals surface area (Å²) in [5.41, 5.74) is 1.95. The van der Waals surface area contributed by atoms with Gasteiger partial charge in [0.2, 0.25) is 5.91 Å². The molecule has 6 nitrogen and oxygen atoms in total. The third-order valence-corrected chi connectivity index (χ3v) is 3.60. The van der Waals surface area contributed by atoms with E-state index in [0.717, 1.165) is 5.56 Å². The summed E-state index contributed by atoms with van der Waals surface area (Å²) in [5, 5.41) is 2.74. The molecule has 28 heavy (non-hydrogen) atoms. The Hall–Kier alpha value is -3.06. The highest BCUT2D eigenvalue weighted by Crippen LogP contribution is 2.31. The summed E-state index contributed by atoms with van der Waals surface area (Å²) in [4.78, 5) is 24.5. The van der Waals surface area contributed by atoms with Gasteiger partial charge in [-0.15, -0.1) is 12.4 Å². The van der Waals surface area contributed by atoms with Gasteiger partial charge in [-0.3, -0.25) is 9.78 Å². The van der Waals surface area contributed by atoms with Crippen LogP contribution in [0.15, 0.2) is 55.1 Å². The second-order valence-electron chi connectivity index (χ2n) is 6.18. The highest BCUT2D eigenvalue weighted by atomic mass is 35.5. The lowest BCUT2D eigenvalue weighted by Gasteiger charge is -2.14. The topological polar surface area (TPSA) is 77.0 Å². The number of carbonyl (C=O) groups is 1. The summed E-state index contributed by atoms with van der Waals surface area (Å²) in [7, 11) is 0. The predicted octanol–water partition coefficient (Wildman–Crippen LogP) is 4.07. The zero-order valence-corrected chi connectivity index (χ0v) is 16.2. The summed E-state index contributed by atoms with van der Waals surface area (Å²) < 4.78 is 19.3. The normalized spacial score (nSPS) is 10.3. The Morgan fingerprint density at radius 3 is 2.75 bits per heavy atom. The number of halogens is 2. The van der Waals surface area contributed by atoms with Crippen LogP contribution in [-0.2, 0) is 11.2 Å². The van der Waals surface area contributed by atoms with Gasteiger partial charge in [0.25, 0.3) is 0 Å². The number of ether oxygens (including phenoxy) is 1. The number of carbonyl (C=O) groups excluding carboxylic acids is 1. The van der Waals surface area contributed by atoms with Crippen LogP contribution < -0.4 is 10.1 Å². The quantitative estimate of drug-likeness (QED) is 0.672. The van der Waals surface area contributed by atoms with E-state index in [4.69, 9.17) is 4.74 Å². The second-order valence-corrected chi connectivity index (χ2v) is 6.18. The molecule has 3 rings (SSSR count). The van der Waals surface area contributed by atoms with Crippen LogP contribution in [0, 0.1) is 5.82 Å². The number of hydrogen-bond donors (Lipinski definition) is 1. The van der Waals surface area contributed by atoms with Gasteiger partial charge in [0.05, 0.1) is 18.2 Å². The van der Waals surface area contributed by atoms with Crippen molar-refractivity contribution in [2.24, 2.45) is 0 Å². The van der Waals surface area contributed by atoms with E-state index in [9.17, 15) is 9.18 Å². The number of anilines is 1. The lowest BCUT2D eigenvalue weighted by atomic mass is 10.1. The first-order valence-electron chi connectivity index (χ1n) is 8.48. The Bertz CT molecular complexity index is 938. The summed E-state index contributed by atoms with van der Waals surface area (Å²) in [6.07, 6.45) is 4.70. The molecule has 1 aromatic carbocycles. The number of hydrogen-bond acceptors (Lipinski definition) is 5. The molecular formula is C20H20ClFN4O2. The molecule has 1 amide bonds. The van der Waals surface area contributed by atoms with Gasteiger partial charge in [-0.05, 0) is 37.6 Å². The molecule has 0 atom stereocenters. The summed E-state index contributed by atoms with van der Waals surface area (Å²) in [6, 6.07) is 9.48. The van der Waals surface area contributed by atoms with Crippen LogP contribution >= 0.6 is 12.4 Å². The minimum atomic E-state index is -0.395. The molecular weight excluding hydrogens is 383 g/mol. The average Bonchev–Trinajstić information content (AvgIpc) is 2.62. The molecule has 0 aliphatic rings. The molecule has 0 spiro atoms. The molecule has 1 N–H and O–H groups in total. The van der Waals surface area contributed by atoms with Crippen molar-refractivity contribution in [3.8, 4) is 17.0 Å². The van der Waals surface area contributed by atoms with Gasteiger partial charge in [-0.2, -0.15) is 0 Å². The molecule has 2 heterocycles. The van der Waals surface area contributed by atoms with Gasteiger partial charge in [0, 0.05) is 30.1 Å². The number of benzene rings is 1. The van der Waals surface area contributed by atoms with Crippen molar-refractivity contribution < 1.29 is 13.9 Å². The number of pyridine rings is 1. The Morgan fingerprint density at radius 2 is 2.04 bits per heavy atom. The van der Waals surface area contributed by atoms with Crippen molar-refractivity contribution in [3.63, 3.8) is 0 Å². The number of rotatable bonds is 6. The maximum atomic E-state index is 13.6. The van der Waals surface area contributed by atoms with Crippen LogP contribution in [0.3, 0.4) is 0 Å². The lowest BCUT2D eigenvalue weighted by molar-refractivity contribution is -0.115. The van der Waals surface area contributed by atoms with Gasteiger partial charge in [0.15, 0.2) is 0 Å². The molecule has 0 aliphatic heterocycles. The SMILES string of the molecule is CC(C)Oc1cc(F)ccc1-c1cc(NC(=O)Cc2cccnc2)ncn1.Cl. The number of nitrogens with zero attached hydrogens (tertiary/aromatic N) is 3. The van der Waals surface area contributed by atoms with E-state index in [2.05, 4.69) is 20.3 Å². The van der Waals surface area contributed by atoms with E-state index in [1.165, 1.54) is 18.5 Å². The van der Waals surface area contributed by atoms with E-state index in [-0.39, 0.29) is 30.8 Å². The van der Waals surface area contributed by atoms with Crippen molar-refractivity contribution in [3.05, 3.63) is 66.5 Å². The molecule has 0 unspecified atom stereocenters. The van der Waals surface area contributed by atoms with Crippen LogP contribution in [0.4, 0.5) is 10.2 Å². The molecule has 8 heteroatoms. The molecule has 0 radical (unpaired) electrons. The van der Waals surface area contributed by atoms with Crippen LogP contribution in [0.25, 0.3) is 11.3 Å². The fourth-order valence-corrected chi connectivity index (χ4v) is 2.51. The first-order chi connectivity index (χ1) is 13.0. The fraction of sp³-hybridized carbons (Fsp3) is 0.200. The van der Waals surface area contributed by atoms with Crippen molar-refractivity contribution >= 4 is 24.1 Å². The standard InChI is InChI=1S/C20H19FN4O2.ClH/c1-13(2)27-18-9-15(21)5-6-16(18)17-10-19(24-12-23-17)25-20(26)8-14-4-3-7-22-11-14;/h3-7,9-13H,8H2,1-2H3,(H,23,24,25,26);1H. The zero-order valence-electron chi connectivity index (χ0n) is 15.4. The van der Waals surface area contributed by atoms with Crippen molar-refractivity contribution in [2.45, 2.75) is 26.4 Å². The molecule has 0 saturated heterocycles. The Kier molecular flexibility index (Phi) is 7.40. The van der Waals surface area contributed by atoms with E-state index in [0.29, 0.717) is 22.8 Å². The van der Waals surface area contributed by atoms with Crippen molar-refractivity contribution in [1.82, 2.24) is 15.0 Å². The van der Waals surface area contributed by atoms with Gasteiger partial charge in [-0.1, -0.05) is 6.07 Å². The van der Waals surface area contributed by atoms with E-state index >= 15 is 0 Å². The monoisotopic (exact) mass is 402 g/mol. The molecule has 0 aliphatic carbocycles. The van der Waals surface area contributed by atoms with Crippen molar-refractivity contribution in [1.29, 1.82) is 0 Å². The fourth-order valence-electron chi connectivity index (χ4n) is 2.51. The van der Waals surface area contributed by atoms with Gasteiger partial charge < -0.3 is 10.1 Å². The van der Waals surface area contributed by atoms with E-state index in [1.807, 2.05) is 19.9 Å². The summed E-state index contributed by atoms with van der Waals surface area (Å²) in [5.74, 6) is 0.129. The average molecular weight is 403 g/mol. The predicted molar refractivity (Wildman–Crippen MR) is 107 cm³/mol. The van der Waals surface area contributed by atoms with Crippen LogP contribution in [0.1, 0.15) is 19.4 Å². The van der Waals surface area contributed by atoms with Crippen LogP contribution in [0.2, 0.25) is 0 Å². The maximum Gasteiger partial charge on any atom is 0.230 e. The van der Waals surface area contributed by atoms with Crippen LogP contribution in [0.5, 0.6) is 5.75 Å². The maximum absolute atomic E-state index is 13.6. The molecule has 146 valence electrons. The number of nitrogens with one attached hydrogen (secondary N) is 1. The highest BCUT2D eigenvalue weighted by Gasteiger charge is 2.13. The third kappa shape index (κ3) is 5.72. The minimum Gasteiger partial charge on any atom is -0.490 e. The molecule has 0 saturated carbocycles. The van der Waals surface area contributed by atoms with Gasteiger partial charge in [-0.25, -0.2) is 14.4 Å². The first-order valence-corrected chi connectivity index (χ1v) is 8.48. The van der Waals surface area contributed by atoms with Gasteiger partial charge in [0.1, 0.15) is 23.7 Å². The van der Waals surface area contributed by atoms with E-state index < -0.39 is 5.82 Å². The lowest BCUT2D eigenvalue weighted by Crippen LogP contribution is -2.15. The Balaban J connectivity index is 0.00000280. The molecule has 0 fully saturated rings. The van der Waals surface area contributed by atoms with Crippen molar-refractivity contribution in [2.75, 3.05) is 5.32 Å². The van der Waals surface area contributed by atoms with Gasteiger partial charge >= 0.3 is 0 Å². The summed E-state index contributed by atoms with van der Waals surface area (Å²) >= 11 is 0. The molecule has 0 bridgehead atoms. The second kappa shape index (κ2) is 9.75. The molecule has 3 aromatic rings. The number of aromatic nitrogens is 3. The van der Waals surface area contributed by atoms with Crippen LogP contribution in [-0.4, -0.2) is 27.0 Å². The largest absolute Gasteiger partial charge is 0.490 e. The number of amides is 1. The van der Waals surface area contributed by atoms with E-state index in [1.54, 1.807) is 30.6 Å². The highest BCUT2D eigenvalue weighted by molar-refractivity contribution is 5.91. The Morgan fingerprint density at radius 1 is 1.21 bits per heavy atom. The summed E-state index contributed by atoms with van der Waals surface area (Å²) in [6.45, 7) is 3.72. The third-order valence-electron chi connectivity index (χ3n) is 3.60. The Labute approximate surface area is 168 Å². The molecule has 2 aromatic heterocycles. The smallest absolute Gasteiger partial charge is 0.230 e.